The molecular weight excluding hydrogens is 236 g/mol. The summed E-state index contributed by atoms with van der Waals surface area (Å²) in [7, 11) is 0. The number of aliphatic hydroxyl groups excluding tert-OH is 2. The van der Waals surface area contributed by atoms with Crippen molar-refractivity contribution >= 4 is 11.8 Å². The number of nitrogens with two attached hydrogens (primary N) is 1. The van der Waals surface area contributed by atoms with E-state index in [1.54, 1.807) is 0 Å². The predicted molar refractivity (Wildman–Crippen MR) is 61.9 cm³/mol. The van der Waals surface area contributed by atoms with Gasteiger partial charge in [-0.25, -0.2) is 0 Å². The van der Waals surface area contributed by atoms with E-state index in [-0.39, 0.29) is 0 Å². The van der Waals surface area contributed by atoms with Gasteiger partial charge in [0.2, 0.25) is 5.91 Å². The standard InChI is InChI=1S/C12H14N2O4/c13-11(17)9(15)10(16)12(18)14-5-7-3-1-2-4-8(7)6-14/h1-4,9-10,15-16H,5-6H2,(H2,13,17)/t9-,10-/m1/s1. The van der Waals surface area contributed by atoms with E-state index in [1.807, 2.05) is 24.3 Å². The predicted octanol–water partition coefficient (Wildman–Crippen LogP) is -1.26. The Kier molecular flexibility index (Phi) is 3.31. The quantitative estimate of drug-likeness (QED) is 0.622. The van der Waals surface area contributed by atoms with Gasteiger partial charge >= 0.3 is 0 Å². The molecule has 0 saturated heterocycles. The maximum absolute atomic E-state index is 11.9. The normalized spacial score (nSPS) is 17.1. The molecule has 2 rings (SSSR count). The van der Waals surface area contributed by atoms with Crippen LogP contribution in [0.2, 0.25) is 0 Å². The van der Waals surface area contributed by atoms with Gasteiger partial charge in [-0.1, -0.05) is 24.3 Å². The first-order chi connectivity index (χ1) is 8.50. The van der Waals surface area contributed by atoms with Crippen LogP contribution in [0.1, 0.15) is 11.1 Å². The molecule has 0 aromatic heterocycles. The van der Waals surface area contributed by atoms with E-state index in [9.17, 15) is 19.8 Å². The zero-order valence-corrected chi connectivity index (χ0v) is 9.61. The average molecular weight is 250 g/mol. The van der Waals surface area contributed by atoms with E-state index in [0.717, 1.165) is 11.1 Å². The average Bonchev–Trinajstić information content (AvgIpc) is 2.79. The third-order valence-corrected chi connectivity index (χ3v) is 3.00. The molecule has 0 radical (unpaired) electrons. The zero-order chi connectivity index (χ0) is 13.3. The van der Waals surface area contributed by atoms with Gasteiger partial charge in [0, 0.05) is 13.1 Å². The molecule has 0 bridgehead atoms. The van der Waals surface area contributed by atoms with Gasteiger partial charge in [0.15, 0.2) is 12.2 Å². The number of carbonyl (C=O) groups excluding carboxylic acids is 2. The van der Waals surface area contributed by atoms with Gasteiger partial charge in [0.1, 0.15) is 0 Å². The topological polar surface area (TPSA) is 104 Å². The van der Waals surface area contributed by atoms with Crippen molar-refractivity contribution in [2.24, 2.45) is 5.73 Å². The van der Waals surface area contributed by atoms with Crippen molar-refractivity contribution in [3.05, 3.63) is 35.4 Å². The summed E-state index contributed by atoms with van der Waals surface area (Å²) in [5.74, 6) is -1.81. The lowest BCUT2D eigenvalue weighted by Gasteiger charge is -2.21. The van der Waals surface area contributed by atoms with Crippen molar-refractivity contribution in [1.82, 2.24) is 4.90 Å². The Balaban J connectivity index is 2.07. The van der Waals surface area contributed by atoms with Gasteiger partial charge in [0.05, 0.1) is 0 Å². The molecule has 0 spiro atoms. The highest BCUT2D eigenvalue weighted by Crippen LogP contribution is 2.23. The van der Waals surface area contributed by atoms with Gasteiger partial charge in [-0.3, -0.25) is 9.59 Å². The number of benzene rings is 1. The molecule has 2 atom stereocenters. The molecule has 1 aliphatic heterocycles. The minimum Gasteiger partial charge on any atom is -0.380 e. The highest BCUT2D eigenvalue weighted by atomic mass is 16.3. The zero-order valence-electron chi connectivity index (χ0n) is 9.61. The van der Waals surface area contributed by atoms with Crippen LogP contribution >= 0.6 is 0 Å². The summed E-state index contributed by atoms with van der Waals surface area (Å²) in [4.78, 5) is 24.0. The highest BCUT2D eigenvalue weighted by Gasteiger charge is 2.34. The van der Waals surface area contributed by atoms with E-state index in [1.165, 1.54) is 4.90 Å². The number of hydrogen-bond donors (Lipinski definition) is 3. The minimum absolute atomic E-state index is 0.359. The molecule has 1 aromatic rings. The Hall–Kier alpha value is -1.92. The lowest BCUT2D eigenvalue weighted by Crippen LogP contribution is -2.48. The number of nitrogens with zero attached hydrogens (tertiary/aromatic N) is 1. The molecule has 0 saturated carbocycles. The first kappa shape index (κ1) is 12.5. The van der Waals surface area contributed by atoms with E-state index in [4.69, 9.17) is 5.73 Å². The maximum atomic E-state index is 11.9. The van der Waals surface area contributed by atoms with E-state index in [0.29, 0.717) is 13.1 Å². The van der Waals surface area contributed by atoms with Gasteiger partial charge in [-0.15, -0.1) is 0 Å². The molecule has 1 heterocycles. The van der Waals surface area contributed by atoms with Crippen LogP contribution in [0.5, 0.6) is 0 Å². The SMILES string of the molecule is NC(=O)[C@H](O)[C@@H](O)C(=O)N1Cc2ccccc2C1. The maximum Gasteiger partial charge on any atom is 0.255 e. The van der Waals surface area contributed by atoms with E-state index < -0.39 is 24.0 Å². The first-order valence-electron chi connectivity index (χ1n) is 5.51. The summed E-state index contributed by atoms with van der Waals surface area (Å²) in [6, 6.07) is 7.50. The molecule has 6 heteroatoms. The molecule has 1 aromatic carbocycles. The van der Waals surface area contributed by atoms with Crippen LogP contribution in [-0.4, -0.2) is 39.1 Å². The fourth-order valence-corrected chi connectivity index (χ4v) is 1.97. The van der Waals surface area contributed by atoms with Crippen molar-refractivity contribution in [2.75, 3.05) is 0 Å². The molecule has 4 N–H and O–H groups in total. The fraction of sp³-hybridized carbons (Fsp3) is 0.333. The fourth-order valence-electron chi connectivity index (χ4n) is 1.97. The Morgan fingerprint density at radius 3 is 2.06 bits per heavy atom. The van der Waals surface area contributed by atoms with E-state index in [2.05, 4.69) is 0 Å². The summed E-state index contributed by atoms with van der Waals surface area (Å²) < 4.78 is 0. The smallest absolute Gasteiger partial charge is 0.255 e. The molecule has 0 aliphatic carbocycles. The summed E-state index contributed by atoms with van der Waals surface area (Å²) in [5.41, 5.74) is 6.82. The van der Waals surface area contributed by atoms with Gasteiger partial charge in [-0.2, -0.15) is 0 Å². The second-order valence-corrected chi connectivity index (χ2v) is 4.26. The number of rotatable bonds is 3. The van der Waals surface area contributed by atoms with Crippen LogP contribution in [-0.2, 0) is 22.7 Å². The Labute approximate surface area is 104 Å². The Bertz CT molecular complexity index is 464. The van der Waals surface area contributed by atoms with E-state index >= 15 is 0 Å². The summed E-state index contributed by atoms with van der Waals surface area (Å²) in [6.45, 7) is 0.717. The van der Waals surface area contributed by atoms with Crippen LogP contribution in [0.25, 0.3) is 0 Å². The van der Waals surface area contributed by atoms with Gasteiger partial charge < -0.3 is 20.8 Å². The summed E-state index contributed by atoms with van der Waals surface area (Å²) in [6.07, 6.45) is -3.68. The summed E-state index contributed by atoms with van der Waals surface area (Å²) >= 11 is 0. The van der Waals surface area contributed by atoms with Crippen LogP contribution in [0.3, 0.4) is 0 Å². The number of primary amides is 1. The van der Waals surface area contributed by atoms with Crippen molar-refractivity contribution in [3.63, 3.8) is 0 Å². The first-order valence-corrected chi connectivity index (χ1v) is 5.51. The van der Waals surface area contributed by atoms with Crippen LogP contribution in [0, 0.1) is 0 Å². The largest absolute Gasteiger partial charge is 0.380 e. The molecule has 0 fully saturated rings. The Morgan fingerprint density at radius 1 is 1.11 bits per heavy atom. The monoisotopic (exact) mass is 250 g/mol. The minimum atomic E-state index is -1.87. The number of hydrogen-bond acceptors (Lipinski definition) is 4. The van der Waals surface area contributed by atoms with Crippen molar-refractivity contribution in [1.29, 1.82) is 0 Å². The Morgan fingerprint density at radius 2 is 1.61 bits per heavy atom. The van der Waals surface area contributed by atoms with Crippen LogP contribution < -0.4 is 5.73 Å². The number of amides is 2. The molecule has 0 unspecified atom stereocenters. The lowest BCUT2D eigenvalue weighted by molar-refractivity contribution is -0.152. The molecule has 18 heavy (non-hydrogen) atoms. The van der Waals surface area contributed by atoms with Crippen LogP contribution in [0.4, 0.5) is 0 Å². The number of fused-ring (bicyclic) bond motifs is 1. The van der Waals surface area contributed by atoms with Gasteiger partial charge in [-0.05, 0) is 11.1 Å². The lowest BCUT2D eigenvalue weighted by atomic mass is 10.1. The third kappa shape index (κ3) is 2.20. The van der Waals surface area contributed by atoms with Crippen molar-refractivity contribution < 1.29 is 19.8 Å². The number of aliphatic hydroxyl groups is 2. The molecular formula is C12H14N2O4. The molecule has 96 valence electrons. The summed E-state index contributed by atoms with van der Waals surface area (Å²) in [5, 5.41) is 18.8. The number of carbonyl (C=O) groups is 2. The van der Waals surface area contributed by atoms with Crippen LogP contribution in [0.15, 0.2) is 24.3 Å². The van der Waals surface area contributed by atoms with Crippen molar-refractivity contribution in [3.8, 4) is 0 Å². The third-order valence-electron chi connectivity index (χ3n) is 3.00. The second-order valence-electron chi connectivity index (χ2n) is 4.26. The second kappa shape index (κ2) is 4.75. The van der Waals surface area contributed by atoms with Crippen molar-refractivity contribution in [2.45, 2.75) is 25.3 Å². The molecule has 1 aliphatic rings. The molecule has 2 amide bonds. The molecule has 6 nitrogen and oxygen atoms in total. The van der Waals surface area contributed by atoms with Gasteiger partial charge in [0.25, 0.3) is 5.91 Å². The highest BCUT2D eigenvalue weighted by molar-refractivity contribution is 5.90.